The molecule has 0 spiro atoms. The van der Waals surface area contributed by atoms with Crippen LogP contribution in [-0.4, -0.2) is 22.6 Å². The average Bonchev–Trinajstić information content (AvgIpc) is 2.98. The summed E-state index contributed by atoms with van der Waals surface area (Å²) in [5, 5.41) is 3.46. The third kappa shape index (κ3) is 2.86. The van der Waals surface area contributed by atoms with Crippen molar-refractivity contribution in [2.45, 2.75) is 63.8 Å². The largest absolute Gasteiger partial charge is 0.331 e. The minimum Gasteiger partial charge on any atom is -0.331 e. The number of piperidine rings is 1. The maximum atomic E-state index is 4.45. The van der Waals surface area contributed by atoms with Gasteiger partial charge in [0.25, 0.3) is 0 Å². The molecule has 3 heteroatoms. The highest BCUT2D eigenvalue weighted by atomic mass is 15.1. The molecule has 0 aromatic carbocycles. The Morgan fingerprint density at radius 3 is 2.58 bits per heavy atom. The molecule has 1 saturated carbocycles. The molecule has 106 valence electrons. The quantitative estimate of drug-likeness (QED) is 0.902. The molecule has 0 bridgehead atoms. The molecule has 0 atom stereocenters. The van der Waals surface area contributed by atoms with E-state index in [0.717, 1.165) is 17.9 Å². The first-order valence-corrected chi connectivity index (χ1v) is 8.11. The van der Waals surface area contributed by atoms with Gasteiger partial charge in [-0.1, -0.05) is 13.3 Å². The molecule has 0 radical (unpaired) electrons. The van der Waals surface area contributed by atoms with Crippen molar-refractivity contribution in [3.8, 4) is 0 Å². The fourth-order valence-electron chi connectivity index (χ4n) is 3.89. The van der Waals surface area contributed by atoms with E-state index < -0.39 is 0 Å². The first-order chi connectivity index (χ1) is 9.38. The summed E-state index contributed by atoms with van der Waals surface area (Å²) in [7, 11) is 0. The third-order valence-electron chi connectivity index (χ3n) is 5.24. The van der Waals surface area contributed by atoms with Crippen LogP contribution in [0.5, 0.6) is 0 Å². The summed E-state index contributed by atoms with van der Waals surface area (Å²) in [5.74, 6) is 1.70. The SMILES string of the molecule is CCC1CCC(n2cncc2C2CCNCC2)CC1. The molecule has 3 nitrogen and oxygen atoms in total. The van der Waals surface area contributed by atoms with Crippen molar-refractivity contribution < 1.29 is 0 Å². The second-order valence-electron chi connectivity index (χ2n) is 6.33. The highest BCUT2D eigenvalue weighted by Gasteiger charge is 2.25. The molecule has 1 aromatic heterocycles. The van der Waals surface area contributed by atoms with E-state index in [2.05, 4.69) is 34.3 Å². The molecule has 1 aliphatic carbocycles. The van der Waals surface area contributed by atoms with Gasteiger partial charge in [-0.3, -0.25) is 0 Å². The summed E-state index contributed by atoms with van der Waals surface area (Å²) in [6.07, 6.45) is 13.6. The Morgan fingerprint density at radius 1 is 1.16 bits per heavy atom. The van der Waals surface area contributed by atoms with Crippen molar-refractivity contribution in [2.75, 3.05) is 13.1 Å². The van der Waals surface area contributed by atoms with Crippen LogP contribution in [-0.2, 0) is 0 Å². The van der Waals surface area contributed by atoms with Crippen LogP contribution in [0.3, 0.4) is 0 Å². The molecule has 1 N–H and O–H groups in total. The van der Waals surface area contributed by atoms with Crippen molar-refractivity contribution in [3.05, 3.63) is 18.2 Å². The normalized spacial score (nSPS) is 29.5. The van der Waals surface area contributed by atoms with Gasteiger partial charge in [0.1, 0.15) is 0 Å². The molecular formula is C16H27N3. The van der Waals surface area contributed by atoms with Crippen LogP contribution in [0, 0.1) is 5.92 Å². The maximum absolute atomic E-state index is 4.45. The van der Waals surface area contributed by atoms with Crippen molar-refractivity contribution >= 4 is 0 Å². The highest BCUT2D eigenvalue weighted by Crippen LogP contribution is 2.36. The zero-order valence-electron chi connectivity index (χ0n) is 12.1. The smallest absolute Gasteiger partial charge is 0.0950 e. The van der Waals surface area contributed by atoms with Gasteiger partial charge in [-0.05, 0) is 57.5 Å². The number of imidazole rings is 1. The zero-order valence-corrected chi connectivity index (χ0v) is 12.1. The monoisotopic (exact) mass is 261 g/mol. The predicted octanol–water partition coefficient (Wildman–Crippen LogP) is 3.49. The Bertz CT molecular complexity index is 384. The van der Waals surface area contributed by atoms with E-state index >= 15 is 0 Å². The van der Waals surface area contributed by atoms with E-state index in [4.69, 9.17) is 0 Å². The lowest BCUT2D eigenvalue weighted by atomic mass is 9.84. The van der Waals surface area contributed by atoms with E-state index in [0.29, 0.717) is 0 Å². The van der Waals surface area contributed by atoms with Crippen molar-refractivity contribution in [2.24, 2.45) is 5.92 Å². The van der Waals surface area contributed by atoms with Crippen LogP contribution >= 0.6 is 0 Å². The van der Waals surface area contributed by atoms with E-state index in [9.17, 15) is 0 Å². The lowest BCUT2D eigenvalue weighted by Gasteiger charge is -2.32. The molecule has 3 rings (SSSR count). The molecule has 2 heterocycles. The molecular weight excluding hydrogens is 234 g/mol. The van der Waals surface area contributed by atoms with Gasteiger partial charge in [-0.25, -0.2) is 4.98 Å². The van der Waals surface area contributed by atoms with E-state index in [1.807, 2.05) is 0 Å². The molecule has 0 amide bonds. The van der Waals surface area contributed by atoms with Gasteiger partial charge in [-0.15, -0.1) is 0 Å². The first-order valence-electron chi connectivity index (χ1n) is 8.11. The van der Waals surface area contributed by atoms with Crippen molar-refractivity contribution in [3.63, 3.8) is 0 Å². The highest BCUT2D eigenvalue weighted by molar-refractivity contribution is 5.09. The first kappa shape index (κ1) is 13.2. The second kappa shape index (κ2) is 6.08. The van der Waals surface area contributed by atoms with E-state index in [1.54, 1.807) is 0 Å². The maximum Gasteiger partial charge on any atom is 0.0950 e. The Morgan fingerprint density at radius 2 is 1.89 bits per heavy atom. The number of aromatic nitrogens is 2. The van der Waals surface area contributed by atoms with Gasteiger partial charge < -0.3 is 9.88 Å². The van der Waals surface area contributed by atoms with Gasteiger partial charge in [0.05, 0.1) is 6.33 Å². The third-order valence-corrected chi connectivity index (χ3v) is 5.24. The van der Waals surface area contributed by atoms with Gasteiger partial charge >= 0.3 is 0 Å². The Balaban J connectivity index is 1.69. The average molecular weight is 261 g/mol. The molecule has 0 unspecified atom stereocenters. The summed E-state index contributed by atoms with van der Waals surface area (Å²) in [4.78, 5) is 4.45. The van der Waals surface area contributed by atoms with Crippen LogP contribution in [0.15, 0.2) is 12.5 Å². The van der Waals surface area contributed by atoms with Gasteiger partial charge in [-0.2, -0.15) is 0 Å². The molecule has 1 aromatic rings. The van der Waals surface area contributed by atoms with Gasteiger partial charge in [0.2, 0.25) is 0 Å². The second-order valence-corrected chi connectivity index (χ2v) is 6.33. The van der Waals surface area contributed by atoms with Crippen LogP contribution < -0.4 is 5.32 Å². The fourth-order valence-corrected chi connectivity index (χ4v) is 3.89. The van der Waals surface area contributed by atoms with Crippen molar-refractivity contribution in [1.29, 1.82) is 0 Å². The van der Waals surface area contributed by atoms with Crippen LogP contribution in [0.1, 0.15) is 69.5 Å². The fraction of sp³-hybridized carbons (Fsp3) is 0.812. The summed E-state index contributed by atoms with van der Waals surface area (Å²) in [5.41, 5.74) is 1.50. The molecule has 1 aliphatic heterocycles. The number of hydrogen-bond acceptors (Lipinski definition) is 2. The summed E-state index contributed by atoms with van der Waals surface area (Å²) >= 11 is 0. The van der Waals surface area contributed by atoms with E-state index in [1.165, 1.54) is 63.7 Å². The van der Waals surface area contributed by atoms with Crippen LogP contribution in [0.4, 0.5) is 0 Å². The van der Waals surface area contributed by atoms with Crippen LogP contribution in [0.25, 0.3) is 0 Å². The summed E-state index contributed by atoms with van der Waals surface area (Å²) in [6, 6.07) is 0.718. The molecule has 1 saturated heterocycles. The van der Waals surface area contributed by atoms with Gasteiger partial charge in [0.15, 0.2) is 0 Å². The Labute approximate surface area is 116 Å². The summed E-state index contributed by atoms with van der Waals surface area (Å²) in [6.45, 7) is 4.67. The minimum absolute atomic E-state index is 0.718. The minimum atomic E-state index is 0.718. The zero-order chi connectivity index (χ0) is 13.1. The number of nitrogens with one attached hydrogen (secondary N) is 1. The topological polar surface area (TPSA) is 29.9 Å². The van der Waals surface area contributed by atoms with Crippen molar-refractivity contribution in [1.82, 2.24) is 14.9 Å². The van der Waals surface area contributed by atoms with E-state index in [-0.39, 0.29) is 0 Å². The summed E-state index contributed by atoms with van der Waals surface area (Å²) < 4.78 is 2.52. The molecule has 2 aliphatic rings. The molecule has 19 heavy (non-hydrogen) atoms. The lowest BCUT2D eigenvalue weighted by molar-refractivity contribution is 0.262. The molecule has 2 fully saturated rings. The number of hydrogen-bond donors (Lipinski definition) is 1. The van der Waals surface area contributed by atoms with Crippen LogP contribution in [0.2, 0.25) is 0 Å². The predicted molar refractivity (Wildman–Crippen MR) is 78.4 cm³/mol. The standard InChI is InChI=1S/C16H27N3/c1-2-13-3-5-15(6-4-13)19-12-18-11-16(19)14-7-9-17-10-8-14/h11-15,17H,2-10H2,1H3. The Hall–Kier alpha value is -0.830. The van der Waals surface area contributed by atoms with Gasteiger partial charge in [0, 0.05) is 23.9 Å². The number of nitrogens with zero attached hydrogens (tertiary/aromatic N) is 2. The number of rotatable bonds is 3. The lowest BCUT2D eigenvalue weighted by Crippen LogP contribution is -2.28. The Kier molecular flexibility index (Phi) is 4.21.